The number of nitrogens with one attached hydrogen (secondary N) is 1. The molecule has 1 atom stereocenters. The van der Waals surface area contributed by atoms with Crippen LogP contribution in [0.1, 0.15) is 0 Å². The molecule has 17 heavy (non-hydrogen) atoms. The zero-order valence-corrected chi connectivity index (χ0v) is 9.36. The topological polar surface area (TPSA) is 118 Å². The van der Waals surface area contributed by atoms with Crippen molar-refractivity contribution < 1.29 is 9.90 Å². The van der Waals surface area contributed by atoms with E-state index in [1.54, 1.807) is 11.4 Å². The molecule has 0 amide bonds. The van der Waals surface area contributed by atoms with Crippen molar-refractivity contribution in [2.45, 2.75) is 12.6 Å². The third kappa shape index (κ3) is 1.99. The van der Waals surface area contributed by atoms with Gasteiger partial charge in [0.1, 0.15) is 10.9 Å². The molecule has 0 aliphatic heterocycles. The van der Waals surface area contributed by atoms with Crippen molar-refractivity contribution in [3.8, 4) is 0 Å². The number of H-pyrrole nitrogens is 1. The zero-order chi connectivity index (χ0) is 12.6. The SMILES string of the molecule is N[C@@H](Cn1c(=O)[nH]c(=O)c2ccsc21)C(=O)O. The van der Waals surface area contributed by atoms with Gasteiger partial charge in [0.15, 0.2) is 0 Å². The summed E-state index contributed by atoms with van der Waals surface area (Å²) in [6.07, 6.45) is 0. The lowest BCUT2D eigenvalue weighted by Gasteiger charge is -2.09. The van der Waals surface area contributed by atoms with Crippen molar-refractivity contribution in [1.29, 1.82) is 0 Å². The minimum Gasteiger partial charge on any atom is -0.480 e. The lowest BCUT2D eigenvalue weighted by molar-refractivity contribution is -0.138. The summed E-state index contributed by atoms with van der Waals surface area (Å²) < 4.78 is 1.17. The highest BCUT2D eigenvalue weighted by Gasteiger charge is 2.16. The van der Waals surface area contributed by atoms with Crippen LogP contribution in [-0.2, 0) is 11.3 Å². The van der Waals surface area contributed by atoms with Crippen molar-refractivity contribution in [3.63, 3.8) is 0 Å². The van der Waals surface area contributed by atoms with Gasteiger partial charge >= 0.3 is 11.7 Å². The van der Waals surface area contributed by atoms with Gasteiger partial charge in [0.2, 0.25) is 0 Å². The molecule has 4 N–H and O–H groups in total. The molecule has 8 heteroatoms. The maximum Gasteiger partial charge on any atom is 0.329 e. The monoisotopic (exact) mass is 255 g/mol. The van der Waals surface area contributed by atoms with Gasteiger partial charge in [-0.15, -0.1) is 11.3 Å². The second kappa shape index (κ2) is 4.15. The number of nitrogens with zero attached hydrogens (tertiary/aromatic N) is 1. The van der Waals surface area contributed by atoms with Crippen LogP contribution in [0.3, 0.4) is 0 Å². The normalized spacial score (nSPS) is 12.8. The summed E-state index contributed by atoms with van der Waals surface area (Å²) in [6.45, 7) is -0.179. The van der Waals surface area contributed by atoms with Crippen LogP contribution in [0, 0.1) is 0 Å². The summed E-state index contributed by atoms with van der Waals surface area (Å²) in [4.78, 5) is 36.2. The minimum absolute atomic E-state index is 0.179. The van der Waals surface area contributed by atoms with E-state index in [-0.39, 0.29) is 6.54 Å². The van der Waals surface area contributed by atoms with Crippen LogP contribution in [0.15, 0.2) is 21.0 Å². The van der Waals surface area contributed by atoms with Gasteiger partial charge in [-0.05, 0) is 11.4 Å². The largest absolute Gasteiger partial charge is 0.480 e. The predicted molar refractivity (Wildman–Crippen MR) is 62.3 cm³/mol. The number of aromatic nitrogens is 2. The number of hydrogen-bond donors (Lipinski definition) is 3. The molecule has 7 nitrogen and oxygen atoms in total. The zero-order valence-electron chi connectivity index (χ0n) is 8.54. The Morgan fingerprint density at radius 3 is 2.94 bits per heavy atom. The number of rotatable bonds is 3. The fraction of sp³-hybridized carbons (Fsp3) is 0.222. The first-order valence-electron chi connectivity index (χ1n) is 4.69. The number of carboxylic acid groups (broad SMARTS) is 1. The lowest BCUT2D eigenvalue weighted by Crippen LogP contribution is -2.40. The van der Waals surface area contributed by atoms with Crippen LogP contribution < -0.4 is 17.0 Å². The minimum atomic E-state index is -1.20. The summed E-state index contributed by atoms with van der Waals surface area (Å²) in [5, 5.41) is 10.7. The Kier molecular flexibility index (Phi) is 2.82. The van der Waals surface area contributed by atoms with Crippen LogP contribution in [0.5, 0.6) is 0 Å². The number of hydrogen-bond acceptors (Lipinski definition) is 5. The van der Waals surface area contributed by atoms with E-state index in [4.69, 9.17) is 10.8 Å². The highest BCUT2D eigenvalue weighted by Crippen LogP contribution is 2.15. The van der Waals surface area contributed by atoms with Gasteiger partial charge in [0.25, 0.3) is 5.56 Å². The van der Waals surface area contributed by atoms with Gasteiger partial charge < -0.3 is 10.8 Å². The van der Waals surface area contributed by atoms with E-state index in [1.807, 2.05) is 0 Å². The van der Waals surface area contributed by atoms with Crippen LogP contribution >= 0.6 is 11.3 Å². The van der Waals surface area contributed by atoms with Crippen molar-refractivity contribution in [1.82, 2.24) is 9.55 Å². The Labute approximate surface area is 98.1 Å². The second-order valence-corrected chi connectivity index (χ2v) is 4.35. The third-order valence-electron chi connectivity index (χ3n) is 2.30. The number of carboxylic acids is 1. The van der Waals surface area contributed by atoms with Crippen molar-refractivity contribution >= 4 is 27.5 Å². The molecular formula is C9H9N3O4S. The maximum absolute atomic E-state index is 11.6. The molecule has 2 rings (SSSR count). The van der Waals surface area contributed by atoms with Gasteiger partial charge in [-0.1, -0.05) is 0 Å². The maximum atomic E-state index is 11.6. The molecule has 0 spiro atoms. The fourth-order valence-corrected chi connectivity index (χ4v) is 2.35. The number of aliphatic carboxylic acids is 1. The molecule has 0 unspecified atom stereocenters. The lowest BCUT2D eigenvalue weighted by atomic mass is 10.3. The standard InChI is InChI=1S/C9H9N3O4S/c10-5(8(14)15)3-12-7-4(1-2-17-7)6(13)11-9(12)16/h1-2,5H,3,10H2,(H,14,15)(H,11,13,16)/t5-/m0/s1. The van der Waals surface area contributed by atoms with Gasteiger partial charge in [-0.2, -0.15) is 0 Å². The first-order chi connectivity index (χ1) is 8.00. The van der Waals surface area contributed by atoms with E-state index in [2.05, 4.69) is 4.98 Å². The Bertz CT molecular complexity index is 683. The first-order valence-corrected chi connectivity index (χ1v) is 5.57. The van der Waals surface area contributed by atoms with Crippen molar-refractivity contribution in [2.24, 2.45) is 5.73 Å². The summed E-state index contributed by atoms with van der Waals surface area (Å²) in [5.41, 5.74) is 4.24. The van der Waals surface area contributed by atoms with Crippen LogP contribution in [-0.4, -0.2) is 26.7 Å². The number of thiophene rings is 1. The van der Waals surface area contributed by atoms with Crippen molar-refractivity contribution in [3.05, 3.63) is 32.3 Å². The molecule has 0 saturated carbocycles. The molecule has 90 valence electrons. The van der Waals surface area contributed by atoms with Gasteiger partial charge in [-0.25, -0.2) is 4.79 Å². The number of aromatic amines is 1. The Hall–Kier alpha value is -1.93. The average Bonchev–Trinajstić information content (AvgIpc) is 2.72. The number of nitrogens with two attached hydrogens (primary N) is 1. The molecule has 0 bridgehead atoms. The third-order valence-corrected chi connectivity index (χ3v) is 3.23. The predicted octanol–water partition coefficient (Wildman–Crippen LogP) is -0.837. The molecule has 0 aromatic carbocycles. The van der Waals surface area contributed by atoms with E-state index in [1.165, 1.54) is 15.9 Å². The smallest absolute Gasteiger partial charge is 0.329 e. The molecule has 2 aromatic heterocycles. The molecule has 0 fully saturated rings. The summed E-state index contributed by atoms with van der Waals surface area (Å²) in [5.74, 6) is -1.20. The summed E-state index contributed by atoms with van der Waals surface area (Å²) in [6, 6.07) is 0.380. The van der Waals surface area contributed by atoms with Gasteiger partial charge in [0.05, 0.1) is 11.9 Å². The van der Waals surface area contributed by atoms with Crippen LogP contribution in [0.25, 0.3) is 10.2 Å². The summed E-state index contributed by atoms with van der Waals surface area (Å²) in [7, 11) is 0. The molecule has 2 heterocycles. The highest BCUT2D eigenvalue weighted by atomic mass is 32.1. The van der Waals surface area contributed by atoms with E-state index < -0.39 is 23.3 Å². The Morgan fingerprint density at radius 1 is 1.59 bits per heavy atom. The van der Waals surface area contributed by atoms with Crippen molar-refractivity contribution in [2.75, 3.05) is 0 Å². The van der Waals surface area contributed by atoms with E-state index in [0.29, 0.717) is 10.2 Å². The molecule has 0 radical (unpaired) electrons. The van der Waals surface area contributed by atoms with Gasteiger partial charge in [-0.3, -0.25) is 19.1 Å². The molecule has 2 aromatic rings. The van der Waals surface area contributed by atoms with E-state index in [9.17, 15) is 14.4 Å². The molecular weight excluding hydrogens is 246 g/mol. The fourth-order valence-electron chi connectivity index (χ4n) is 1.45. The molecule has 0 aliphatic rings. The van der Waals surface area contributed by atoms with E-state index >= 15 is 0 Å². The van der Waals surface area contributed by atoms with Gasteiger partial charge in [0, 0.05) is 0 Å². The van der Waals surface area contributed by atoms with Crippen LogP contribution in [0.4, 0.5) is 0 Å². The average molecular weight is 255 g/mol. The molecule has 0 aliphatic carbocycles. The second-order valence-electron chi connectivity index (χ2n) is 3.45. The first kappa shape index (κ1) is 11.6. The molecule has 0 saturated heterocycles. The Morgan fingerprint density at radius 2 is 2.29 bits per heavy atom. The van der Waals surface area contributed by atoms with Crippen LogP contribution in [0.2, 0.25) is 0 Å². The summed E-state index contributed by atoms with van der Waals surface area (Å²) >= 11 is 1.19. The van der Waals surface area contributed by atoms with E-state index in [0.717, 1.165) is 0 Å². The highest BCUT2D eigenvalue weighted by molar-refractivity contribution is 7.16. The number of fused-ring (bicyclic) bond motifs is 1. The number of carbonyl (C=O) groups is 1. The quantitative estimate of drug-likeness (QED) is 0.661. The Balaban J connectivity index is 2.61.